The van der Waals surface area contributed by atoms with Crippen molar-refractivity contribution in [1.29, 1.82) is 0 Å². The minimum absolute atomic E-state index is 0.254. The second kappa shape index (κ2) is 4.40. The number of rotatable bonds is 3. The number of carbonyl (C=O) groups is 1. The molecular weight excluding hydrogens is 216 g/mol. The van der Waals surface area contributed by atoms with Gasteiger partial charge in [0.1, 0.15) is 5.78 Å². The molecule has 17 heavy (non-hydrogen) atoms. The van der Waals surface area contributed by atoms with Crippen molar-refractivity contribution in [3.05, 3.63) is 23.8 Å². The van der Waals surface area contributed by atoms with E-state index in [1.54, 1.807) is 0 Å². The molecule has 0 unspecified atom stereocenters. The molecule has 0 amide bonds. The van der Waals surface area contributed by atoms with Gasteiger partial charge in [0.05, 0.1) is 0 Å². The summed E-state index contributed by atoms with van der Waals surface area (Å²) in [4.78, 5) is 11.8. The van der Waals surface area contributed by atoms with Crippen LogP contribution < -0.4 is 9.47 Å². The Balaban J connectivity index is 1.98. The lowest BCUT2D eigenvalue weighted by molar-refractivity contribution is -0.126. The monoisotopic (exact) mass is 234 g/mol. The van der Waals surface area contributed by atoms with Crippen molar-refractivity contribution in [2.45, 2.75) is 33.6 Å². The lowest BCUT2D eigenvalue weighted by atomic mass is 9.87. The molecular formula is C14H18O3. The van der Waals surface area contributed by atoms with Crippen LogP contribution in [0.1, 0.15) is 32.8 Å². The average Bonchev–Trinajstić information content (AvgIpc) is 2.71. The van der Waals surface area contributed by atoms with Gasteiger partial charge in [-0.3, -0.25) is 4.79 Å². The first kappa shape index (κ1) is 12.0. The Hall–Kier alpha value is -1.51. The van der Waals surface area contributed by atoms with E-state index < -0.39 is 0 Å². The fourth-order valence-electron chi connectivity index (χ4n) is 1.73. The fraction of sp³-hybridized carbons (Fsp3) is 0.500. The van der Waals surface area contributed by atoms with Gasteiger partial charge >= 0.3 is 0 Å². The normalized spacial score (nSPS) is 13.8. The Morgan fingerprint density at radius 2 is 1.94 bits per heavy atom. The number of hydrogen-bond donors (Lipinski definition) is 0. The van der Waals surface area contributed by atoms with Gasteiger partial charge in [0.25, 0.3) is 0 Å². The zero-order valence-corrected chi connectivity index (χ0v) is 10.6. The van der Waals surface area contributed by atoms with Gasteiger partial charge in [0.15, 0.2) is 11.5 Å². The number of hydrogen-bond acceptors (Lipinski definition) is 3. The summed E-state index contributed by atoms with van der Waals surface area (Å²) in [5.41, 5.74) is 0.864. The Labute approximate surface area is 102 Å². The topological polar surface area (TPSA) is 35.5 Å². The Morgan fingerprint density at radius 3 is 2.65 bits per heavy atom. The number of carbonyl (C=O) groups excluding carboxylic acids is 1. The second-order valence-corrected chi connectivity index (χ2v) is 5.36. The third kappa shape index (κ3) is 2.78. The average molecular weight is 234 g/mol. The van der Waals surface area contributed by atoms with Crippen LogP contribution in [-0.2, 0) is 11.2 Å². The maximum absolute atomic E-state index is 11.8. The van der Waals surface area contributed by atoms with Crippen LogP contribution in [0, 0.1) is 5.41 Å². The molecule has 0 bridgehead atoms. The Kier molecular flexibility index (Phi) is 3.09. The summed E-state index contributed by atoms with van der Waals surface area (Å²) in [6.45, 7) is 6.15. The van der Waals surface area contributed by atoms with Crippen molar-refractivity contribution in [2.75, 3.05) is 6.79 Å². The zero-order chi connectivity index (χ0) is 12.5. The van der Waals surface area contributed by atoms with Gasteiger partial charge in [-0.1, -0.05) is 26.8 Å². The third-order valence-electron chi connectivity index (χ3n) is 2.91. The predicted molar refractivity (Wildman–Crippen MR) is 65.3 cm³/mol. The number of ketones is 1. The lowest BCUT2D eigenvalue weighted by Crippen LogP contribution is -2.20. The van der Waals surface area contributed by atoms with Gasteiger partial charge < -0.3 is 9.47 Å². The summed E-state index contributed by atoms with van der Waals surface area (Å²) in [5.74, 6) is 1.86. The maximum Gasteiger partial charge on any atom is 0.231 e. The van der Waals surface area contributed by atoms with Crippen LogP contribution in [0.25, 0.3) is 0 Å². The zero-order valence-electron chi connectivity index (χ0n) is 10.6. The molecule has 0 saturated heterocycles. The third-order valence-corrected chi connectivity index (χ3v) is 2.91. The van der Waals surface area contributed by atoms with E-state index >= 15 is 0 Å². The molecule has 1 aliphatic heterocycles. The molecule has 0 aromatic heterocycles. The molecule has 0 aliphatic carbocycles. The SMILES string of the molecule is CC(C)(C)C(=O)CCc1ccc2c(c1)OCO2. The summed E-state index contributed by atoms with van der Waals surface area (Å²) < 4.78 is 10.6. The van der Waals surface area contributed by atoms with Gasteiger partial charge in [0, 0.05) is 11.8 Å². The van der Waals surface area contributed by atoms with Crippen molar-refractivity contribution in [3.63, 3.8) is 0 Å². The minimum atomic E-state index is -0.254. The second-order valence-electron chi connectivity index (χ2n) is 5.36. The van der Waals surface area contributed by atoms with Crippen LogP contribution in [0.4, 0.5) is 0 Å². The molecule has 0 fully saturated rings. The standard InChI is InChI=1S/C14H18O3/c1-14(2,3)13(15)7-5-10-4-6-11-12(8-10)17-9-16-11/h4,6,8H,5,7,9H2,1-3H3. The Morgan fingerprint density at radius 1 is 1.24 bits per heavy atom. The first-order chi connectivity index (χ1) is 7.97. The van der Waals surface area contributed by atoms with Crippen molar-refractivity contribution in [2.24, 2.45) is 5.41 Å². The highest BCUT2D eigenvalue weighted by Gasteiger charge is 2.21. The highest BCUT2D eigenvalue weighted by atomic mass is 16.7. The highest BCUT2D eigenvalue weighted by Crippen LogP contribution is 2.33. The van der Waals surface area contributed by atoms with E-state index in [0.29, 0.717) is 13.2 Å². The molecule has 0 atom stereocenters. The Bertz CT molecular complexity index is 430. The molecule has 3 heteroatoms. The summed E-state index contributed by atoms with van der Waals surface area (Å²) in [5, 5.41) is 0. The van der Waals surface area contributed by atoms with Gasteiger partial charge in [-0.25, -0.2) is 0 Å². The fourth-order valence-corrected chi connectivity index (χ4v) is 1.73. The van der Waals surface area contributed by atoms with Gasteiger partial charge in [-0.05, 0) is 24.1 Å². The molecule has 2 rings (SSSR count). The number of fused-ring (bicyclic) bond motifs is 1. The van der Waals surface area contributed by atoms with E-state index in [2.05, 4.69) is 0 Å². The van der Waals surface area contributed by atoms with E-state index in [0.717, 1.165) is 23.5 Å². The summed E-state index contributed by atoms with van der Waals surface area (Å²) >= 11 is 0. The molecule has 3 nitrogen and oxygen atoms in total. The van der Waals surface area contributed by atoms with Crippen molar-refractivity contribution in [3.8, 4) is 11.5 Å². The molecule has 0 radical (unpaired) electrons. The minimum Gasteiger partial charge on any atom is -0.454 e. The molecule has 1 aliphatic rings. The molecule has 1 aromatic carbocycles. The number of benzene rings is 1. The van der Waals surface area contributed by atoms with Crippen LogP contribution in [0.15, 0.2) is 18.2 Å². The molecule has 0 N–H and O–H groups in total. The number of Topliss-reactive ketones (excluding diaryl/α,β-unsaturated/α-hetero) is 1. The summed E-state index contributed by atoms with van der Waals surface area (Å²) in [6.07, 6.45) is 1.33. The van der Waals surface area contributed by atoms with Crippen LogP contribution in [0.3, 0.4) is 0 Å². The molecule has 1 heterocycles. The quantitative estimate of drug-likeness (QED) is 0.806. The van der Waals surface area contributed by atoms with Crippen molar-refractivity contribution >= 4 is 5.78 Å². The van der Waals surface area contributed by atoms with E-state index in [1.165, 1.54) is 0 Å². The van der Waals surface area contributed by atoms with Crippen molar-refractivity contribution < 1.29 is 14.3 Å². The van der Waals surface area contributed by atoms with E-state index in [9.17, 15) is 4.79 Å². The first-order valence-electron chi connectivity index (χ1n) is 5.88. The maximum atomic E-state index is 11.8. The smallest absolute Gasteiger partial charge is 0.231 e. The lowest BCUT2D eigenvalue weighted by Gasteiger charge is -2.16. The van der Waals surface area contributed by atoms with E-state index in [-0.39, 0.29) is 11.2 Å². The van der Waals surface area contributed by atoms with Crippen LogP contribution in [0.2, 0.25) is 0 Å². The first-order valence-corrected chi connectivity index (χ1v) is 5.88. The predicted octanol–water partition coefficient (Wildman–Crippen LogP) is 2.96. The highest BCUT2D eigenvalue weighted by molar-refractivity contribution is 5.83. The molecule has 0 spiro atoms. The molecule has 0 saturated carbocycles. The molecule has 1 aromatic rings. The largest absolute Gasteiger partial charge is 0.454 e. The number of ether oxygens (including phenoxy) is 2. The van der Waals surface area contributed by atoms with E-state index in [1.807, 2.05) is 39.0 Å². The van der Waals surface area contributed by atoms with Gasteiger partial charge in [-0.15, -0.1) is 0 Å². The molecule has 92 valence electrons. The van der Waals surface area contributed by atoms with Gasteiger partial charge in [-0.2, -0.15) is 0 Å². The van der Waals surface area contributed by atoms with E-state index in [4.69, 9.17) is 9.47 Å². The van der Waals surface area contributed by atoms with Gasteiger partial charge in [0.2, 0.25) is 6.79 Å². The van der Waals surface area contributed by atoms with Crippen LogP contribution >= 0.6 is 0 Å². The summed E-state index contributed by atoms with van der Waals surface area (Å²) in [6, 6.07) is 5.85. The number of aryl methyl sites for hydroxylation is 1. The van der Waals surface area contributed by atoms with Crippen LogP contribution in [0.5, 0.6) is 11.5 Å². The van der Waals surface area contributed by atoms with Crippen molar-refractivity contribution in [1.82, 2.24) is 0 Å². The summed E-state index contributed by atoms with van der Waals surface area (Å²) in [7, 11) is 0. The van der Waals surface area contributed by atoms with Crippen LogP contribution in [-0.4, -0.2) is 12.6 Å².